The zero-order valence-electron chi connectivity index (χ0n) is 9.13. The molecule has 2 N–H and O–H groups in total. The van der Waals surface area contributed by atoms with E-state index >= 15 is 0 Å². The number of hydrogen-bond donors (Lipinski definition) is 1. The molecule has 16 heavy (non-hydrogen) atoms. The molecule has 1 atom stereocenters. The normalized spacial score (nSPS) is 19.8. The van der Waals surface area contributed by atoms with Crippen LogP contribution in [0.3, 0.4) is 0 Å². The fourth-order valence-electron chi connectivity index (χ4n) is 1.82. The number of carbonyl (C=O) groups excluding carboxylic acids is 1. The van der Waals surface area contributed by atoms with E-state index in [0.29, 0.717) is 13.2 Å². The number of ether oxygens (including phenoxy) is 1. The minimum atomic E-state index is -0.311. The van der Waals surface area contributed by atoms with Crippen LogP contribution in [0.2, 0.25) is 0 Å². The van der Waals surface area contributed by atoms with Crippen molar-refractivity contribution < 1.29 is 9.53 Å². The Morgan fingerprint density at radius 3 is 2.81 bits per heavy atom. The first-order valence-corrected chi connectivity index (χ1v) is 5.50. The van der Waals surface area contributed by atoms with Crippen molar-refractivity contribution in [3.8, 4) is 0 Å². The van der Waals surface area contributed by atoms with Crippen molar-refractivity contribution >= 4 is 6.09 Å². The summed E-state index contributed by atoms with van der Waals surface area (Å²) in [5.74, 6) is 0. The minimum absolute atomic E-state index is 0.178. The van der Waals surface area contributed by atoms with Gasteiger partial charge < -0.3 is 10.5 Å². The van der Waals surface area contributed by atoms with E-state index in [1.165, 1.54) is 0 Å². The first kappa shape index (κ1) is 11.0. The van der Waals surface area contributed by atoms with E-state index in [0.717, 1.165) is 18.4 Å². The molecule has 1 heterocycles. The highest BCUT2D eigenvalue weighted by Gasteiger charge is 2.26. The van der Waals surface area contributed by atoms with Gasteiger partial charge in [-0.2, -0.15) is 0 Å². The van der Waals surface area contributed by atoms with E-state index in [4.69, 9.17) is 10.5 Å². The average Bonchev–Trinajstić information content (AvgIpc) is 2.74. The van der Waals surface area contributed by atoms with Crippen molar-refractivity contribution in [2.75, 3.05) is 6.54 Å². The molecule has 1 fully saturated rings. The summed E-state index contributed by atoms with van der Waals surface area (Å²) in [7, 11) is 0. The smallest absolute Gasteiger partial charge is 0.411 e. The molecule has 0 aliphatic carbocycles. The molecule has 4 heteroatoms. The Morgan fingerprint density at radius 2 is 2.19 bits per heavy atom. The van der Waals surface area contributed by atoms with Gasteiger partial charge in [0.2, 0.25) is 0 Å². The number of nitrogens with two attached hydrogens (primary N) is 1. The topological polar surface area (TPSA) is 55.6 Å². The highest BCUT2D eigenvalue weighted by molar-refractivity contribution is 5.68. The zero-order chi connectivity index (χ0) is 11.4. The van der Waals surface area contributed by atoms with Crippen LogP contribution in [0, 0.1) is 0 Å². The lowest BCUT2D eigenvalue weighted by Gasteiger charge is -2.20. The SMILES string of the molecule is N[C@H]1CCCN1C(=O)OCc1ccccc1. The Bertz CT molecular complexity index is 353. The molecule has 1 saturated heterocycles. The predicted octanol–water partition coefficient (Wildman–Crippen LogP) is 1.70. The van der Waals surface area contributed by atoms with Crippen LogP contribution in [-0.4, -0.2) is 23.7 Å². The molecule has 86 valence electrons. The molecule has 0 saturated carbocycles. The Labute approximate surface area is 95.0 Å². The van der Waals surface area contributed by atoms with E-state index in [1.807, 2.05) is 30.3 Å². The van der Waals surface area contributed by atoms with E-state index in [1.54, 1.807) is 4.90 Å². The molecule has 1 aliphatic rings. The zero-order valence-corrected chi connectivity index (χ0v) is 9.13. The molecule has 2 rings (SSSR count). The lowest BCUT2D eigenvalue weighted by Crippen LogP contribution is -2.41. The van der Waals surface area contributed by atoms with Crippen LogP contribution in [0.1, 0.15) is 18.4 Å². The van der Waals surface area contributed by atoms with Gasteiger partial charge in [-0.25, -0.2) is 4.79 Å². The lowest BCUT2D eigenvalue weighted by atomic mass is 10.2. The van der Waals surface area contributed by atoms with Crippen molar-refractivity contribution in [1.82, 2.24) is 4.90 Å². The molecular weight excluding hydrogens is 204 g/mol. The average molecular weight is 220 g/mol. The Balaban J connectivity index is 1.84. The van der Waals surface area contributed by atoms with Crippen LogP contribution in [-0.2, 0) is 11.3 Å². The maximum atomic E-state index is 11.7. The molecular formula is C12H16N2O2. The summed E-state index contributed by atoms with van der Waals surface area (Å²) in [6.45, 7) is 1.01. The van der Waals surface area contributed by atoms with Crippen molar-refractivity contribution in [3.63, 3.8) is 0 Å². The second-order valence-electron chi connectivity index (χ2n) is 3.94. The molecule has 0 unspecified atom stereocenters. The molecule has 4 nitrogen and oxygen atoms in total. The first-order valence-electron chi connectivity index (χ1n) is 5.50. The Kier molecular flexibility index (Phi) is 3.41. The molecule has 1 aromatic rings. The third kappa shape index (κ3) is 2.52. The maximum Gasteiger partial charge on any atom is 0.411 e. The van der Waals surface area contributed by atoms with Gasteiger partial charge in [0.05, 0.1) is 6.17 Å². The molecule has 0 bridgehead atoms. The minimum Gasteiger partial charge on any atom is -0.445 e. The summed E-state index contributed by atoms with van der Waals surface area (Å²) in [5.41, 5.74) is 6.76. The van der Waals surface area contributed by atoms with Crippen molar-refractivity contribution in [1.29, 1.82) is 0 Å². The quantitative estimate of drug-likeness (QED) is 0.825. The standard InChI is InChI=1S/C12H16N2O2/c13-11-7-4-8-14(11)12(15)16-9-10-5-2-1-3-6-10/h1-3,5-6,11H,4,7-9,13H2/t11-/m1/s1. The fraction of sp³-hybridized carbons (Fsp3) is 0.417. The summed E-state index contributed by atoms with van der Waals surface area (Å²) in [4.78, 5) is 13.2. The van der Waals surface area contributed by atoms with Gasteiger partial charge in [-0.3, -0.25) is 4.90 Å². The highest BCUT2D eigenvalue weighted by Crippen LogP contribution is 2.14. The van der Waals surface area contributed by atoms with Gasteiger partial charge in [-0.1, -0.05) is 30.3 Å². The van der Waals surface area contributed by atoms with Crippen LogP contribution in [0.15, 0.2) is 30.3 Å². The summed E-state index contributed by atoms with van der Waals surface area (Å²) in [5, 5.41) is 0. The second-order valence-corrected chi connectivity index (χ2v) is 3.94. The summed E-state index contributed by atoms with van der Waals surface area (Å²) < 4.78 is 5.19. The van der Waals surface area contributed by atoms with E-state index in [2.05, 4.69) is 0 Å². The van der Waals surface area contributed by atoms with Crippen LogP contribution in [0.4, 0.5) is 4.79 Å². The Hall–Kier alpha value is -1.55. The monoisotopic (exact) mass is 220 g/mol. The maximum absolute atomic E-state index is 11.7. The van der Waals surface area contributed by atoms with Gasteiger partial charge in [0.25, 0.3) is 0 Å². The van der Waals surface area contributed by atoms with Gasteiger partial charge in [0, 0.05) is 6.54 Å². The second kappa shape index (κ2) is 4.99. The van der Waals surface area contributed by atoms with E-state index < -0.39 is 0 Å². The number of amides is 1. The highest BCUT2D eigenvalue weighted by atomic mass is 16.6. The molecule has 1 aliphatic heterocycles. The van der Waals surface area contributed by atoms with Crippen molar-refractivity contribution in [2.45, 2.75) is 25.6 Å². The van der Waals surface area contributed by atoms with Crippen molar-refractivity contribution in [2.24, 2.45) is 5.73 Å². The number of hydrogen-bond acceptors (Lipinski definition) is 3. The number of benzene rings is 1. The summed E-state index contributed by atoms with van der Waals surface area (Å²) >= 11 is 0. The van der Waals surface area contributed by atoms with Crippen LogP contribution < -0.4 is 5.73 Å². The molecule has 0 radical (unpaired) electrons. The Morgan fingerprint density at radius 1 is 1.44 bits per heavy atom. The molecule has 1 amide bonds. The van der Waals surface area contributed by atoms with Crippen molar-refractivity contribution in [3.05, 3.63) is 35.9 Å². The molecule has 1 aromatic carbocycles. The van der Waals surface area contributed by atoms with Crippen LogP contribution in [0.5, 0.6) is 0 Å². The van der Waals surface area contributed by atoms with Gasteiger partial charge in [0.1, 0.15) is 6.61 Å². The van der Waals surface area contributed by atoms with E-state index in [-0.39, 0.29) is 12.3 Å². The van der Waals surface area contributed by atoms with Gasteiger partial charge in [0.15, 0.2) is 0 Å². The van der Waals surface area contributed by atoms with Gasteiger partial charge in [-0.05, 0) is 18.4 Å². The third-order valence-electron chi connectivity index (χ3n) is 2.74. The summed E-state index contributed by atoms with van der Waals surface area (Å²) in [6, 6.07) is 9.63. The lowest BCUT2D eigenvalue weighted by molar-refractivity contribution is 0.0930. The van der Waals surface area contributed by atoms with Crippen LogP contribution >= 0.6 is 0 Å². The number of rotatable bonds is 2. The van der Waals surface area contributed by atoms with Gasteiger partial charge in [-0.15, -0.1) is 0 Å². The number of nitrogens with zero attached hydrogens (tertiary/aromatic N) is 1. The van der Waals surface area contributed by atoms with E-state index in [9.17, 15) is 4.79 Å². The first-order chi connectivity index (χ1) is 7.77. The largest absolute Gasteiger partial charge is 0.445 e. The van der Waals surface area contributed by atoms with Gasteiger partial charge >= 0.3 is 6.09 Å². The number of carbonyl (C=O) groups is 1. The third-order valence-corrected chi connectivity index (χ3v) is 2.74. The van der Waals surface area contributed by atoms with Crippen LogP contribution in [0.25, 0.3) is 0 Å². The molecule has 0 aromatic heterocycles. The summed E-state index contributed by atoms with van der Waals surface area (Å²) in [6.07, 6.45) is 1.33. The predicted molar refractivity (Wildman–Crippen MR) is 60.5 cm³/mol. The number of likely N-dealkylation sites (tertiary alicyclic amines) is 1. The molecule has 0 spiro atoms. The fourth-order valence-corrected chi connectivity index (χ4v) is 1.82.